The van der Waals surface area contributed by atoms with E-state index in [0.29, 0.717) is 18.2 Å². The second-order valence-electron chi connectivity index (χ2n) is 9.01. The van der Waals surface area contributed by atoms with Crippen molar-refractivity contribution in [3.63, 3.8) is 0 Å². The van der Waals surface area contributed by atoms with E-state index in [1.165, 1.54) is 11.0 Å². The van der Waals surface area contributed by atoms with E-state index in [-0.39, 0.29) is 31.4 Å². The van der Waals surface area contributed by atoms with E-state index in [9.17, 15) is 49.4 Å². The molecule has 0 aliphatic carbocycles. The van der Waals surface area contributed by atoms with Crippen molar-refractivity contribution in [3.8, 4) is 0 Å². The molecule has 2 atom stereocenters. The number of piperidine rings is 1. The predicted octanol–water partition coefficient (Wildman–Crippen LogP) is 7.73. The normalized spacial score (nSPS) is 21.6. The fraction of sp³-hybridized carbons (Fsp3) is 0.400. The van der Waals surface area contributed by atoms with Gasteiger partial charge in [0.2, 0.25) is 0 Å². The Kier molecular flexibility index (Phi) is 7.74. The third-order valence-electron chi connectivity index (χ3n) is 6.63. The molecule has 2 aromatic carbocycles. The van der Waals surface area contributed by atoms with Crippen molar-refractivity contribution in [1.29, 1.82) is 0 Å². The Morgan fingerprint density at radius 2 is 1.51 bits per heavy atom. The number of rotatable bonds is 6. The van der Waals surface area contributed by atoms with Crippen LogP contribution in [0.5, 0.6) is 0 Å². The summed E-state index contributed by atoms with van der Waals surface area (Å²) >= 11 is 0. The van der Waals surface area contributed by atoms with Gasteiger partial charge in [0.15, 0.2) is 0 Å². The molecule has 0 bridgehead atoms. The molecule has 3 nitrogen and oxygen atoms in total. The highest BCUT2D eigenvalue weighted by atomic mass is 19.4. The van der Waals surface area contributed by atoms with Crippen molar-refractivity contribution in [1.82, 2.24) is 4.90 Å². The van der Waals surface area contributed by atoms with Gasteiger partial charge < -0.3 is 5.11 Å². The first-order chi connectivity index (χ1) is 17.0. The number of halogens is 9. The largest absolute Gasteiger partial charge is 0.481 e. The van der Waals surface area contributed by atoms with Crippen LogP contribution < -0.4 is 0 Å². The highest BCUT2D eigenvalue weighted by Gasteiger charge is 2.46. The number of carboxylic acids is 1. The highest BCUT2D eigenvalue weighted by Crippen LogP contribution is 2.47. The summed E-state index contributed by atoms with van der Waals surface area (Å²) in [7, 11) is 0. The number of allylic oxidation sites excluding steroid dienone is 1. The van der Waals surface area contributed by atoms with Crippen LogP contribution >= 0.6 is 0 Å². The second-order valence-corrected chi connectivity index (χ2v) is 9.01. The van der Waals surface area contributed by atoms with Crippen LogP contribution in [0.25, 0.3) is 0 Å². The van der Waals surface area contributed by atoms with Gasteiger partial charge in [0.1, 0.15) is 0 Å². The zero-order chi connectivity index (χ0) is 27.8. The number of carbonyl (C=O) groups is 1. The summed E-state index contributed by atoms with van der Waals surface area (Å²) in [6.07, 6.45) is -13.4. The van der Waals surface area contributed by atoms with E-state index in [2.05, 4.69) is 6.58 Å². The number of aliphatic carboxylic acids is 1. The average Bonchev–Trinajstić information content (AvgIpc) is 2.78. The summed E-state index contributed by atoms with van der Waals surface area (Å²) in [6, 6.07) is 3.82. The number of carboxylic acid groups (broad SMARTS) is 1. The summed E-state index contributed by atoms with van der Waals surface area (Å²) in [5.74, 6) is -1.21. The van der Waals surface area contributed by atoms with E-state index < -0.39 is 64.8 Å². The van der Waals surface area contributed by atoms with E-state index in [0.717, 1.165) is 24.3 Å². The standard InChI is InChI=1S/C25H22F9NO2/c1-2-9-22(21(36)37)10-11-35(20(13-22)15-3-5-17(6-4-15)23(26,27)28)14-16-12-18(24(29,30)31)7-8-19(16)25(32,33)34/h2-8,12,20H,1,9-11,13-14H2,(H,36,37)/t20-,22-/m0/s1. The van der Waals surface area contributed by atoms with Crippen LogP contribution in [-0.4, -0.2) is 22.5 Å². The molecule has 12 heteroatoms. The minimum atomic E-state index is -4.97. The molecule has 0 saturated carbocycles. The van der Waals surface area contributed by atoms with Gasteiger partial charge in [0.25, 0.3) is 0 Å². The van der Waals surface area contributed by atoms with Crippen LogP contribution in [-0.2, 0) is 29.9 Å². The Morgan fingerprint density at radius 1 is 0.946 bits per heavy atom. The molecular formula is C25H22F9NO2. The Morgan fingerprint density at radius 3 is 2.00 bits per heavy atom. The van der Waals surface area contributed by atoms with Gasteiger partial charge in [-0.2, -0.15) is 39.5 Å². The third kappa shape index (κ3) is 6.28. The van der Waals surface area contributed by atoms with Crippen molar-refractivity contribution >= 4 is 5.97 Å². The molecule has 2 aromatic rings. The molecule has 1 aliphatic rings. The number of hydrogen-bond donors (Lipinski definition) is 1. The van der Waals surface area contributed by atoms with Gasteiger partial charge in [0, 0.05) is 19.1 Å². The highest BCUT2D eigenvalue weighted by molar-refractivity contribution is 5.75. The topological polar surface area (TPSA) is 40.5 Å². The molecule has 0 radical (unpaired) electrons. The van der Waals surface area contributed by atoms with Crippen molar-refractivity contribution in [2.45, 2.75) is 50.4 Å². The molecule has 0 unspecified atom stereocenters. The molecule has 1 aliphatic heterocycles. The van der Waals surface area contributed by atoms with Crippen molar-refractivity contribution < 1.29 is 49.4 Å². The Hall–Kier alpha value is -3.02. The first kappa shape index (κ1) is 28.5. The second kappa shape index (κ2) is 10.0. The lowest BCUT2D eigenvalue weighted by atomic mass is 9.71. The summed E-state index contributed by atoms with van der Waals surface area (Å²) in [6.45, 7) is 2.79. The fourth-order valence-electron chi connectivity index (χ4n) is 4.67. The monoisotopic (exact) mass is 539 g/mol. The molecule has 37 heavy (non-hydrogen) atoms. The molecule has 1 fully saturated rings. The van der Waals surface area contributed by atoms with Crippen LogP contribution in [0.3, 0.4) is 0 Å². The SMILES string of the molecule is C=CC[C@]1(C(=O)O)CCN(Cc2cc(C(F)(F)F)ccc2C(F)(F)F)[C@H](c2ccc(C(F)(F)F)cc2)C1. The number of likely N-dealkylation sites (tertiary alicyclic amines) is 1. The van der Waals surface area contributed by atoms with Crippen molar-refractivity contribution in [2.75, 3.05) is 6.54 Å². The third-order valence-corrected chi connectivity index (χ3v) is 6.63. The molecule has 1 saturated heterocycles. The lowest BCUT2D eigenvalue weighted by molar-refractivity contribution is -0.153. The van der Waals surface area contributed by atoms with Crippen LogP contribution in [0.1, 0.15) is 53.1 Å². The van der Waals surface area contributed by atoms with Gasteiger partial charge in [-0.3, -0.25) is 9.69 Å². The van der Waals surface area contributed by atoms with Crippen molar-refractivity contribution in [3.05, 3.63) is 82.9 Å². The summed E-state index contributed by atoms with van der Waals surface area (Å²) in [5.41, 5.74) is -5.43. The molecular weight excluding hydrogens is 517 g/mol. The lowest BCUT2D eigenvalue weighted by Gasteiger charge is -2.45. The zero-order valence-corrected chi connectivity index (χ0v) is 19.1. The van der Waals surface area contributed by atoms with Gasteiger partial charge in [0.05, 0.1) is 22.1 Å². The van der Waals surface area contributed by atoms with E-state index in [1.54, 1.807) is 0 Å². The average molecular weight is 539 g/mol. The number of hydrogen-bond acceptors (Lipinski definition) is 2. The molecule has 3 rings (SSSR count). The first-order valence-electron chi connectivity index (χ1n) is 11.0. The molecule has 202 valence electrons. The lowest BCUT2D eigenvalue weighted by Crippen LogP contribution is -2.45. The quantitative estimate of drug-likeness (QED) is 0.302. The smallest absolute Gasteiger partial charge is 0.416 e. The van der Waals surface area contributed by atoms with Crippen molar-refractivity contribution in [2.24, 2.45) is 5.41 Å². The maximum Gasteiger partial charge on any atom is 0.416 e. The number of nitrogens with zero attached hydrogens (tertiary/aromatic N) is 1. The number of alkyl halides is 9. The van der Waals surface area contributed by atoms with Crippen LogP contribution in [0.15, 0.2) is 55.1 Å². The Balaban J connectivity index is 2.08. The van der Waals surface area contributed by atoms with Gasteiger partial charge in [-0.15, -0.1) is 6.58 Å². The van der Waals surface area contributed by atoms with Crippen LogP contribution in [0.2, 0.25) is 0 Å². The Labute approximate surface area is 206 Å². The van der Waals surface area contributed by atoms with Gasteiger partial charge >= 0.3 is 24.5 Å². The van der Waals surface area contributed by atoms with E-state index >= 15 is 0 Å². The maximum absolute atomic E-state index is 13.6. The maximum atomic E-state index is 13.6. The van der Waals surface area contributed by atoms with Gasteiger partial charge in [-0.25, -0.2) is 0 Å². The zero-order valence-electron chi connectivity index (χ0n) is 19.1. The molecule has 1 heterocycles. The molecule has 1 N–H and O–H groups in total. The summed E-state index contributed by atoms with van der Waals surface area (Å²) in [4.78, 5) is 13.5. The first-order valence-corrected chi connectivity index (χ1v) is 11.0. The molecule has 0 aromatic heterocycles. The van der Waals surface area contributed by atoms with Crippen LogP contribution in [0, 0.1) is 5.41 Å². The fourth-order valence-corrected chi connectivity index (χ4v) is 4.67. The summed E-state index contributed by atoms with van der Waals surface area (Å²) in [5, 5.41) is 9.90. The molecule has 0 amide bonds. The van der Waals surface area contributed by atoms with Gasteiger partial charge in [-0.05, 0) is 60.7 Å². The summed E-state index contributed by atoms with van der Waals surface area (Å²) < 4.78 is 120. The van der Waals surface area contributed by atoms with E-state index in [4.69, 9.17) is 0 Å². The minimum Gasteiger partial charge on any atom is -0.481 e. The van der Waals surface area contributed by atoms with Gasteiger partial charge in [-0.1, -0.05) is 18.2 Å². The van der Waals surface area contributed by atoms with Crippen LogP contribution in [0.4, 0.5) is 39.5 Å². The molecule has 0 spiro atoms. The Bertz CT molecular complexity index is 1140. The number of benzene rings is 2. The van der Waals surface area contributed by atoms with E-state index in [1.807, 2.05) is 0 Å². The predicted molar refractivity (Wildman–Crippen MR) is 115 cm³/mol. The minimum absolute atomic E-state index is 0.00926.